The Morgan fingerprint density at radius 3 is 2.84 bits per heavy atom. The normalized spacial score (nSPS) is 18.6. The van der Waals surface area contributed by atoms with Crippen molar-refractivity contribution in [2.24, 2.45) is 5.41 Å². The molecule has 1 fully saturated rings. The second kappa shape index (κ2) is 10.9. The molecule has 1 aliphatic rings. The zero-order valence-corrected chi connectivity index (χ0v) is 15.8. The highest BCUT2D eigenvalue weighted by Gasteiger charge is 2.22. The molecule has 7 nitrogen and oxygen atoms in total. The fraction of sp³-hybridized carbons (Fsp3) is 0.889. The molecule has 0 spiro atoms. The smallest absolute Gasteiger partial charge is 0.227 e. The molecule has 1 aliphatic heterocycles. The minimum Gasteiger partial charge on any atom is -0.353 e. The zero-order chi connectivity index (χ0) is 18.0. The van der Waals surface area contributed by atoms with Gasteiger partial charge >= 0.3 is 0 Å². The molecule has 1 aromatic heterocycles. The lowest BCUT2D eigenvalue weighted by atomic mass is 9.86. The first-order valence-corrected chi connectivity index (χ1v) is 9.29. The third kappa shape index (κ3) is 8.27. The number of unbranched alkanes of at least 4 members (excludes halogenated alkanes) is 1. The van der Waals surface area contributed by atoms with E-state index in [1.54, 1.807) is 0 Å². The van der Waals surface area contributed by atoms with Crippen molar-refractivity contribution in [3.8, 4) is 0 Å². The summed E-state index contributed by atoms with van der Waals surface area (Å²) < 4.78 is 16.7. The second-order valence-electron chi connectivity index (χ2n) is 7.31. The molecule has 0 bridgehead atoms. The zero-order valence-electron chi connectivity index (χ0n) is 15.8. The van der Waals surface area contributed by atoms with Crippen LogP contribution in [0, 0.1) is 5.41 Å². The number of hydrogen-bond donors (Lipinski definition) is 0. The molecule has 0 amide bonds. The molecule has 0 aliphatic carbocycles. The summed E-state index contributed by atoms with van der Waals surface area (Å²) in [7, 11) is 1.52. The molecule has 1 unspecified atom stereocenters. The van der Waals surface area contributed by atoms with Gasteiger partial charge in [-0.1, -0.05) is 19.0 Å². The average molecular weight is 356 g/mol. The van der Waals surface area contributed by atoms with Crippen LogP contribution in [0.15, 0.2) is 4.52 Å². The highest BCUT2D eigenvalue weighted by atomic mass is 17.2. The Morgan fingerprint density at radius 1 is 1.20 bits per heavy atom. The molecule has 1 aromatic rings. The Morgan fingerprint density at radius 2 is 2.08 bits per heavy atom. The van der Waals surface area contributed by atoms with Crippen LogP contribution in [0.4, 0.5) is 0 Å². The second-order valence-corrected chi connectivity index (χ2v) is 7.31. The van der Waals surface area contributed by atoms with Crippen molar-refractivity contribution < 1.29 is 23.8 Å². The molecule has 1 saturated heterocycles. The minimum atomic E-state index is -0.00477. The number of rotatable bonds is 12. The highest BCUT2D eigenvalue weighted by molar-refractivity contribution is 4.90. The van der Waals surface area contributed by atoms with Gasteiger partial charge in [0.2, 0.25) is 5.89 Å². The average Bonchev–Trinajstić information content (AvgIpc) is 3.02. The van der Waals surface area contributed by atoms with Crippen LogP contribution in [-0.4, -0.2) is 43.4 Å². The molecule has 0 radical (unpaired) electrons. The third-order valence-electron chi connectivity index (χ3n) is 4.36. The van der Waals surface area contributed by atoms with Crippen molar-refractivity contribution in [3.63, 3.8) is 0 Å². The van der Waals surface area contributed by atoms with E-state index in [1.807, 2.05) is 0 Å². The molecule has 144 valence electrons. The summed E-state index contributed by atoms with van der Waals surface area (Å²) in [5.41, 5.74) is 0.0240. The van der Waals surface area contributed by atoms with E-state index in [2.05, 4.69) is 28.9 Å². The molecule has 25 heavy (non-hydrogen) atoms. The maximum atomic E-state index is 5.73. The Kier molecular flexibility index (Phi) is 8.81. The predicted molar refractivity (Wildman–Crippen MR) is 91.8 cm³/mol. The number of ether oxygens (including phenoxy) is 2. The van der Waals surface area contributed by atoms with Crippen LogP contribution >= 0.6 is 0 Å². The fourth-order valence-corrected chi connectivity index (χ4v) is 2.81. The monoisotopic (exact) mass is 356 g/mol. The Bertz CT molecular complexity index is 472. The van der Waals surface area contributed by atoms with E-state index in [0.29, 0.717) is 12.5 Å². The molecule has 7 heteroatoms. The van der Waals surface area contributed by atoms with E-state index in [9.17, 15) is 0 Å². The fourth-order valence-electron chi connectivity index (χ4n) is 2.81. The van der Waals surface area contributed by atoms with Crippen LogP contribution < -0.4 is 0 Å². The van der Waals surface area contributed by atoms with Gasteiger partial charge in [0.15, 0.2) is 12.1 Å². The summed E-state index contributed by atoms with van der Waals surface area (Å²) in [4.78, 5) is 14.1. The number of nitrogens with zero attached hydrogens (tertiary/aromatic N) is 2. The van der Waals surface area contributed by atoms with Gasteiger partial charge in [-0.3, -0.25) is 0 Å². The lowest BCUT2D eigenvalue weighted by molar-refractivity contribution is -0.275. The summed E-state index contributed by atoms with van der Waals surface area (Å²) in [6.07, 6.45) is 7.72. The first-order valence-electron chi connectivity index (χ1n) is 9.29. The van der Waals surface area contributed by atoms with Crippen LogP contribution in [0.5, 0.6) is 0 Å². The van der Waals surface area contributed by atoms with E-state index in [0.717, 1.165) is 64.0 Å². The summed E-state index contributed by atoms with van der Waals surface area (Å²) in [5, 5.41) is 4.08. The lowest BCUT2D eigenvalue weighted by Gasteiger charge is -2.22. The number of aryl methyl sites for hydroxylation is 1. The van der Waals surface area contributed by atoms with Gasteiger partial charge in [0.1, 0.15) is 0 Å². The lowest BCUT2D eigenvalue weighted by Crippen LogP contribution is -2.22. The number of aromatic nitrogens is 2. The Labute approximate surface area is 150 Å². The predicted octanol–water partition coefficient (Wildman–Crippen LogP) is 3.47. The van der Waals surface area contributed by atoms with E-state index < -0.39 is 0 Å². The summed E-state index contributed by atoms with van der Waals surface area (Å²) >= 11 is 0. The Balaban J connectivity index is 1.60. The first kappa shape index (κ1) is 20.3. The minimum absolute atomic E-state index is 0.00477. The van der Waals surface area contributed by atoms with Crippen LogP contribution in [0.2, 0.25) is 0 Å². The van der Waals surface area contributed by atoms with Gasteiger partial charge in [0.05, 0.1) is 13.7 Å². The number of hydrogen-bond acceptors (Lipinski definition) is 7. The van der Waals surface area contributed by atoms with E-state index in [1.165, 1.54) is 13.5 Å². The van der Waals surface area contributed by atoms with E-state index in [4.69, 9.17) is 18.9 Å². The quantitative estimate of drug-likeness (QED) is 0.322. The third-order valence-corrected chi connectivity index (χ3v) is 4.36. The molecular formula is C18H32N2O5. The SMILES string of the molecule is COOCCC(C)(C)Cc1nc(CCCCOC2CCCCO2)no1. The van der Waals surface area contributed by atoms with Gasteiger partial charge < -0.3 is 14.0 Å². The molecule has 0 saturated carbocycles. The van der Waals surface area contributed by atoms with Crippen molar-refractivity contribution in [2.75, 3.05) is 26.9 Å². The van der Waals surface area contributed by atoms with E-state index in [-0.39, 0.29) is 11.7 Å². The van der Waals surface area contributed by atoms with E-state index >= 15 is 0 Å². The van der Waals surface area contributed by atoms with Crippen LogP contribution in [0.1, 0.15) is 64.1 Å². The molecule has 0 N–H and O–H groups in total. The summed E-state index contributed by atoms with van der Waals surface area (Å²) in [6.45, 7) is 6.41. The van der Waals surface area contributed by atoms with Crippen molar-refractivity contribution in [2.45, 2.75) is 71.5 Å². The molecule has 2 rings (SSSR count). The van der Waals surface area contributed by atoms with Gasteiger partial charge in [-0.15, -0.1) is 0 Å². The first-order chi connectivity index (χ1) is 12.1. The van der Waals surface area contributed by atoms with Gasteiger partial charge in [0, 0.05) is 26.1 Å². The van der Waals surface area contributed by atoms with Crippen molar-refractivity contribution in [3.05, 3.63) is 11.7 Å². The Hall–Kier alpha value is -1.02. The van der Waals surface area contributed by atoms with Crippen molar-refractivity contribution >= 4 is 0 Å². The summed E-state index contributed by atoms with van der Waals surface area (Å²) in [5.74, 6) is 1.46. The van der Waals surface area contributed by atoms with Gasteiger partial charge in [-0.2, -0.15) is 4.98 Å². The summed E-state index contributed by atoms with van der Waals surface area (Å²) in [6, 6.07) is 0. The van der Waals surface area contributed by atoms with Gasteiger partial charge in [-0.05, 0) is 43.9 Å². The molecular weight excluding hydrogens is 324 g/mol. The van der Waals surface area contributed by atoms with Gasteiger partial charge in [-0.25, -0.2) is 9.78 Å². The van der Waals surface area contributed by atoms with Crippen LogP contribution in [0.3, 0.4) is 0 Å². The largest absolute Gasteiger partial charge is 0.353 e. The maximum Gasteiger partial charge on any atom is 0.227 e. The molecule has 0 aromatic carbocycles. The molecule has 1 atom stereocenters. The van der Waals surface area contributed by atoms with Crippen molar-refractivity contribution in [1.82, 2.24) is 10.1 Å². The maximum absolute atomic E-state index is 5.73. The standard InChI is InChI=1S/C18H32N2O5/c1-18(2,10-13-24-21-3)14-16-19-15(20-25-16)8-4-6-11-22-17-9-5-7-12-23-17/h17H,4-14H2,1-3H3. The van der Waals surface area contributed by atoms with Crippen LogP contribution in [0.25, 0.3) is 0 Å². The topological polar surface area (TPSA) is 75.8 Å². The van der Waals surface area contributed by atoms with Crippen LogP contribution in [-0.2, 0) is 32.1 Å². The van der Waals surface area contributed by atoms with Gasteiger partial charge in [0.25, 0.3) is 0 Å². The molecule has 2 heterocycles. The van der Waals surface area contributed by atoms with Crippen molar-refractivity contribution in [1.29, 1.82) is 0 Å². The highest BCUT2D eigenvalue weighted by Crippen LogP contribution is 2.25.